The zero-order valence-electron chi connectivity index (χ0n) is 10.1. The normalized spacial score (nSPS) is 12.2. The molecule has 0 aromatic carbocycles. The SMILES string of the molecule is C/C=C/C/C(=N\N(C)C)N(CC)CC. The van der Waals surface area contributed by atoms with Crippen molar-refractivity contribution in [1.82, 2.24) is 9.91 Å². The number of hydrogen-bond donors (Lipinski definition) is 0. The van der Waals surface area contributed by atoms with E-state index in [1.807, 2.05) is 26.0 Å². The molecular formula is C11H23N3. The summed E-state index contributed by atoms with van der Waals surface area (Å²) in [6, 6.07) is 0. The van der Waals surface area contributed by atoms with Crippen molar-refractivity contribution in [2.24, 2.45) is 5.10 Å². The van der Waals surface area contributed by atoms with Gasteiger partial charge in [-0.3, -0.25) is 0 Å². The van der Waals surface area contributed by atoms with Gasteiger partial charge in [0.05, 0.1) is 0 Å². The van der Waals surface area contributed by atoms with E-state index in [0.717, 1.165) is 25.3 Å². The largest absolute Gasteiger partial charge is 0.359 e. The van der Waals surface area contributed by atoms with Crippen LogP contribution in [0.15, 0.2) is 17.3 Å². The van der Waals surface area contributed by atoms with E-state index in [2.05, 4.69) is 36.0 Å². The summed E-state index contributed by atoms with van der Waals surface area (Å²) in [6.07, 6.45) is 5.12. The molecule has 0 bridgehead atoms. The highest BCUT2D eigenvalue weighted by Gasteiger charge is 2.05. The van der Waals surface area contributed by atoms with Gasteiger partial charge < -0.3 is 9.91 Å². The topological polar surface area (TPSA) is 18.8 Å². The summed E-state index contributed by atoms with van der Waals surface area (Å²) in [6.45, 7) is 8.38. The lowest BCUT2D eigenvalue weighted by Gasteiger charge is -2.23. The summed E-state index contributed by atoms with van der Waals surface area (Å²) >= 11 is 0. The molecule has 3 nitrogen and oxygen atoms in total. The van der Waals surface area contributed by atoms with Crippen molar-refractivity contribution < 1.29 is 0 Å². The predicted octanol–water partition coefficient (Wildman–Crippen LogP) is 2.17. The fourth-order valence-corrected chi connectivity index (χ4v) is 1.28. The van der Waals surface area contributed by atoms with E-state index in [4.69, 9.17) is 0 Å². The van der Waals surface area contributed by atoms with Crippen molar-refractivity contribution in [3.63, 3.8) is 0 Å². The van der Waals surface area contributed by atoms with Gasteiger partial charge in [-0.2, -0.15) is 5.10 Å². The first-order valence-electron chi connectivity index (χ1n) is 5.26. The van der Waals surface area contributed by atoms with Gasteiger partial charge in [0.1, 0.15) is 5.84 Å². The smallest absolute Gasteiger partial charge is 0.128 e. The van der Waals surface area contributed by atoms with Crippen LogP contribution < -0.4 is 0 Å². The van der Waals surface area contributed by atoms with Crippen LogP contribution >= 0.6 is 0 Å². The Kier molecular flexibility index (Phi) is 6.89. The summed E-state index contributed by atoms with van der Waals surface area (Å²) in [5.74, 6) is 1.14. The van der Waals surface area contributed by atoms with Crippen LogP contribution in [0.2, 0.25) is 0 Å². The number of allylic oxidation sites excluding steroid dienone is 1. The quantitative estimate of drug-likeness (QED) is 0.291. The zero-order valence-corrected chi connectivity index (χ0v) is 10.1. The van der Waals surface area contributed by atoms with Crippen LogP contribution in [0.4, 0.5) is 0 Å². The van der Waals surface area contributed by atoms with E-state index >= 15 is 0 Å². The minimum absolute atomic E-state index is 0.913. The third-order valence-electron chi connectivity index (χ3n) is 1.98. The van der Waals surface area contributed by atoms with Gasteiger partial charge in [0, 0.05) is 33.6 Å². The first kappa shape index (κ1) is 13.0. The Morgan fingerprint density at radius 3 is 2.14 bits per heavy atom. The van der Waals surface area contributed by atoms with Crippen molar-refractivity contribution in [3.8, 4) is 0 Å². The molecule has 0 saturated heterocycles. The minimum atomic E-state index is 0.913. The molecule has 3 heteroatoms. The van der Waals surface area contributed by atoms with Crippen molar-refractivity contribution in [2.75, 3.05) is 27.2 Å². The first-order chi connectivity index (χ1) is 6.65. The lowest BCUT2D eigenvalue weighted by Crippen LogP contribution is -2.31. The molecule has 0 aromatic rings. The average molecular weight is 197 g/mol. The Hall–Kier alpha value is -0.990. The third-order valence-corrected chi connectivity index (χ3v) is 1.98. The molecule has 0 amide bonds. The van der Waals surface area contributed by atoms with Crippen LogP contribution in [0, 0.1) is 0 Å². The summed E-state index contributed by atoms with van der Waals surface area (Å²) < 4.78 is 0. The highest BCUT2D eigenvalue weighted by Crippen LogP contribution is 1.99. The van der Waals surface area contributed by atoms with Crippen LogP contribution in [-0.4, -0.2) is 42.9 Å². The number of nitrogens with zero attached hydrogens (tertiary/aromatic N) is 3. The Labute approximate surface area is 88.1 Å². The van der Waals surface area contributed by atoms with Crippen LogP contribution in [0.3, 0.4) is 0 Å². The Bertz CT molecular complexity index is 191. The number of hydrogen-bond acceptors (Lipinski definition) is 2. The molecule has 0 aromatic heterocycles. The molecule has 0 radical (unpaired) electrons. The van der Waals surface area contributed by atoms with Gasteiger partial charge in [-0.05, 0) is 20.8 Å². The summed E-state index contributed by atoms with van der Waals surface area (Å²) in [4.78, 5) is 2.28. The van der Waals surface area contributed by atoms with E-state index < -0.39 is 0 Å². The molecule has 0 rings (SSSR count). The molecule has 0 aliphatic heterocycles. The average Bonchev–Trinajstić information content (AvgIpc) is 2.15. The van der Waals surface area contributed by atoms with Gasteiger partial charge in [0.25, 0.3) is 0 Å². The molecule has 0 atom stereocenters. The van der Waals surface area contributed by atoms with E-state index in [1.165, 1.54) is 0 Å². The molecule has 0 aliphatic carbocycles. The summed E-state index contributed by atoms with van der Waals surface area (Å²) in [5, 5.41) is 6.34. The Morgan fingerprint density at radius 1 is 1.21 bits per heavy atom. The van der Waals surface area contributed by atoms with Gasteiger partial charge >= 0.3 is 0 Å². The standard InChI is InChI=1S/C11H23N3/c1-6-9-10-11(12-13(4)5)14(7-2)8-3/h6,9H,7-8,10H2,1-5H3/b9-6+,12-11+. The Balaban J connectivity index is 4.51. The van der Waals surface area contributed by atoms with E-state index in [-0.39, 0.29) is 0 Å². The number of rotatable bonds is 5. The van der Waals surface area contributed by atoms with Crippen LogP contribution in [0.1, 0.15) is 27.2 Å². The highest BCUT2D eigenvalue weighted by atomic mass is 15.4. The van der Waals surface area contributed by atoms with Gasteiger partial charge in [-0.1, -0.05) is 12.2 Å². The van der Waals surface area contributed by atoms with Crippen LogP contribution in [0.25, 0.3) is 0 Å². The molecule has 82 valence electrons. The fraction of sp³-hybridized carbons (Fsp3) is 0.727. The summed E-state index contributed by atoms with van der Waals surface area (Å²) in [7, 11) is 3.92. The molecule has 0 aliphatic rings. The van der Waals surface area contributed by atoms with Crippen molar-refractivity contribution >= 4 is 5.84 Å². The van der Waals surface area contributed by atoms with E-state index in [0.29, 0.717) is 0 Å². The molecule has 0 N–H and O–H groups in total. The van der Waals surface area contributed by atoms with Gasteiger partial charge in [-0.25, -0.2) is 0 Å². The summed E-state index contributed by atoms with van der Waals surface area (Å²) in [5.41, 5.74) is 0. The Morgan fingerprint density at radius 2 is 1.79 bits per heavy atom. The third kappa shape index (κ3) is 4.90. The maximum Gasteiger partial charge on any atom is 0.128 e. The first-order valence-corrected chi connectivity index (χ1v) is 5.26. The second-order valence-electron chi connectivity index (χ2n) is 3.31. The van der Waals surface area contributed by atoms with Crippen LogP contribution in [-0.2, 0) is 0 Å². The van der Waals surface area contributed by atoms with Crippen molar-refractivity contribution in [3.05, 3.63) is 12.2 Å². The molecule has 0 heterocycles. The molecule has 0 unspecified atom stereocenters. The maximum absolute atomic E-state index is 4.48. The molecule has 14 heavy (non-hydrogen) atoms. The van der Waals surface area contributed by atoms with E-state index in [1.54, 1.807) is 0 Å². The minimum Gasteiger partial charge on any atom is -0.359 e. The lowest BCUT2D eigenvalue weighted by atomic mass is 10.3. The van der Waals surface area contributed by atoms with Crippen LogP contribution in [0.5, 0.6) is 0 Å². The second-order valence-corrected chi connectivity index (χ2v) is 3.31. The highest BCUT2D eigenvalue weighted by molar-refractivity contribution is 5.83. The van der Waals surface area contributed by atoms with Crippen molar-refractivity contribution in [2.45, 2.75) is 27.2 Å². The maximum atomic E-state index is 4.48. The van der Waals surface area contributed by atoms with Gasteiger partial charge in [-0.15, -0.1) is 0 Å². The molecular weight excluding hydrogens is 174 g/mol. The number of hydrazone groups is 1. The molecule has 0 fully saturated rings. The second kappa shape index (κ2) is 7.42. The van der Waals surface area contributed by atoms with Gasteiger partial charge in [0.2, 0.25) is 0 Å². The lowest BCUT2D eigenvalue weighted by molar-refractivity contribution is 0.397. The van der Waals surface area contributed by atoms with E-state index in [9.17, 15) is 0 Å². The monoisotopic (exact) mass is 197 g/mol. The molecule has 0 saturated carbocycles. The van der Waals surface area contributed by atoms with Crippen molar-refractivity contribution in [1.29, 1.82) is 0 Å². The molecule has 0 spiro atoms. The predicted molar refractivity (Wildman–Crippen MR) is 63.5 cm³/mol. The van der Waals surface area contributed by atoms with Gasteiger partial charge in [0.15, 0.2) is 0 Å². The zero-order chi connectivity index (χ0) is 11.0. The fourth-order valence-electron chi connectivity index (χ4n) is 1.28. The number of amidine groups is 1.